The van der Waals surface area contributed by atoms with E-state index in [2.05, 4.69) is 10.2 Å². The molecule has 2 aliphatic rings. The quantitative estimate of drug-likeness (QED) is 0.169. The predicted octanol–water partition coefficient (Wildman–Crippen LogP) is -1.57. The number of nitrogens with two attached hydrogens (primary N) is 1. The average Bonchev–Trinajstić information content (AvgIpc) is 3.07. The fourth-order valence-electron chi connectivity index (χ4n) is 2.37. The number of amides is 1. The van der Waals surface area contributed by atoms with E-state index in [0.29, 0.717) is 5.88 Å². The summed E-state index contributed by atoms with van der Waals surface area (Å²) in [6.45, 7) is 1.44. The summed E-state index contributed by atoms with van der Waals surface area (Å²) >= 11 is 1.29. The van der Waals surface area contributed by atoms with Crippen molar-refractivity contribution in [1.82, 2.24) is 5.32 Å². The van der Waals surface area contributed by atoms with Gasteiger partial charge < -0.3 is 30.1 Å². The normalized spacial score (nSPS) is 29.6. The number of nitrogens with one attached hydrogen (secondary N) is 1. The molecule has 0 radical (unpaired) electrons. The van der Waals surface area contributed by atoms with E-state index in [-0.39, 0.29) is 24.9 Å². The molecule has 0 aromatic rings. The Balaban J connectivity index is 1.74. The third kappa shape index (κ3) is 4.93. The molecule has 2 heterocycles. The number of hydrogen-bond acceptors (Lipinski definition) is 10. The second-order valence-electron chi connectivity index (χ2n) is 5.29. The van der Waals surface area contributed by atoms with E-state index >= 15 is 0 Å². The van der Waals surface area contributed by atoms with Crippen molar-refractivity contribution in [2.75, 3.05) is 24.8 Å². The molecule has 1 amide bonds. The van der Waals surface area contributed by atoms with Crippen molar-refractivity contribution in [3.8, 4) is 0 Å². The van der Waals surface area contributed by atoms with E-state index in [1.165, 1.54) is 18.7 Å². The predicted molar refractivity (Wildman–Crippen MR) is 80.3 cm³/mol. The molecule has 5 atom stereocenters. The van der Waals surface area contributed by atoms with Gasteiger partial charge in [-0.2, -0.15) is 0 Å². The minimum Gasteiger partial charge on any atom is -0.456 e. The first kappa shape index (κ1) is 18.7. The molecule has 0 unspecified atom stereocenters. The molecule has 136 valence electrons. The van der Waals surface area contributed by atoms with Crippen LogP contribution in [-0.2, 0) is 28.6 Å². The molecule has 2 saturated heterocycles. The number of thioether (sulfide) groups is 1. The number of carbonyl (C=O) groups excluding carboxylic acids is 2. The Hall–Kier alpha value is -1.63. The van der Waals surface area contributed by atoms with Gasteiger partial charge >= 0.3 is 5.97 Å². The first-order valence-corrected chi connectivity index (χ1v) is 8.36. The number of ether oxygens (including phenoxy) is 3. The van der Waals surface area contributed by atoms with Crippen LogP contribution in [0.1, 0.15) is 6.92 Å². The molecule has 24 heavy (non-hydrogen) atoms. The van der Waals surface area contributed by atoms with Crippen LogP contribution < -0.4 is 11.1 Å². The minimum atomic E-state index is -0.901. The van der Waals surface area contributed by atoms with Gasteiger partial charge in [0.15, 0.2) is 12.2 Å². The van der Waals surface area contributed by atoms with Gasteiger partial charge in [-0.3, -0.25) is 9.59 Å². The van der Waals surface area contributed by atoms with Gasteiger partial charge in [-0.15, -0.1) is 21.9 Å². The molecule has 2 fully saturated rings. The summed E-state index contributed by atoms with van der Waals surface area (Å²) in [4.78, 5) is 37.6. The first-order valence-electron chi connectivity index (χ1n) is 7.21. The van der Waals surface area contributed by atoms with Crippen LogP contribution in [0.4, 0.5) is 0 Å². The number of esters is 1. The first-order chi connectivity index (χ1) is 11.4. The number of carbonyl (C=O) groups is 2. The van der Waals surface area contributed by atoms with Crippen molar-refractivity contribution < 1.29 is 33.7 Å². The Labute approximate surface area is 141 Å². The standard InChI is InChI=1S/C12H19N3O8S/c1-6(16)14-5-24-4-7(13)12(17)22-8-2-20-11-9(23-15(18)19)3-21-10(8)11/h7-11H,2-5,13H2,1H3,(H,14,16)/t7-,8-,9+,10+,11+/m0/s1. The third-order valence-electron chi connectivity index (χ3n) is 3.47. The second-order valence-corrected chi connectivity index (χ2v) is 6.32. The van der Waals surface area contributed by atoms with Crippen molar-refractivity contribution >= 4 is 23.6 Å². The molecule has 0 aromatic carbocycles. The van der Waals surface area contributed by atoms with Crippen molar-refractivity contribution in [1.29, 1.82) is 0 Å². The lowest BCUT2D eigenvalue weighted by atomic mass is 10.1. The van der Waals surface area contributed by atoms with Crippen LogP contribution in [0.15, 0.2) is 0 Å². The van der Waals surface area contributed by atoms with E-state index in [0.717, 1.165) is 0 Å². The number of nitrogens with zero attached hydrogens (tertiary/aromatic N) is 1. The van der Waals surface area contributed by atoms with E-state index in [9.17, 15) is 19.7 Å². The largest absolute Gasteiger partial charge is 0.456 e. The molecule has 3 N–H and O–H groups in total. The van der Waals surface area contributed by atoms with Crippen LogP contribution in [0.2, 0.25) is 0 Å². The summed E-state index contributed by atoms with van der Waals surface area (Å²) in [5, 5.41) is 12.1. The zero-order chi connectivity index (χ0) is 17.7. The lowest BCUT2D eigenvalue weighted by Crippen LogP contribution is -2.41. The SMILES string of the molecule is CC(=O)NCSC[C@H](N)C(=O)O[C@H]1CO[C@H]2[C@@H]1OC[C@H]2O[N+](=O)[O-]. The van der Waals surface area contributed by atoms with E-state index in [1.807, 2.05) is 0 Å². The highest BCUT2D eigenvalue weighted by Crippen LogP contribution is 2.30. The lowest BCUT2D eigenvalue weighted by Gasteiger charge is -2.19. The molecular weight excluding hydrogens is 346 g/mol. The Morgan fingerprint density at radius 1 is 1.38 bits per heavy atom. The summed E-state index contributed by atoms with van der Waals surface area (Å²) in [6.07, 6.45) is -2.79. The zero-order valence-corrected chi connectivity index (χ0v) is 13.7. The Morgan fingerprint density at radius 2 is 2.00 bits per heavy atom. The number of hydrogen-bond donors (Lipinski definition) is 2. The lowest BCUT2D eigenvalue weighted by molar-refractivity contribution is -0.769. The Kier molecular flexibility index (Phi) is 6.60. The maximum absolute atomic E-state index is 12.0. The molecule has 2 aliphatic heterocycles. The molecule has 0 aliphatic carbocycles. The molecule has 0 aromatic heterocycles. The highest BCUT2D eigenvalue weighted by Gasteiger charge is 2.51. The topological polar surface area (TPSA) is 152 Å². The van der Waals surface area contributed by atoms with Gasteiger partial charge in [0.1, 0.15) is 18.2 Å². The number of rotatable bonds is 8. The fraction of sp³-hybridized carbons (Fsp3) is 0.833. The van der Waals surface area contributed by atoms with E-state index < -0.39 is 41.5 Å². The number of fused-ring (bicyclic) bond motifs is 1. The van der Waals surface area contributed by atoms with Gasteiger partial charge in [-0.25, -0.2) is 0 Å². The molecular formula is C12H19N3O8S. The van der Waals surface area contributed by atoms with Gasteiger partial charge in [-0.1, -0.05) is 0 Å². The average molecular weight is 365 g/mol. The summed E-state index contributed by atoms with van der Waals surface area (Å²) in [7, 11) is 0. The Bertz CT molecular complexity index is 493. The molecule has 0 bridgehead atoms. The zero-order valence-electron chi connectivity index (χ0n) is 12.9. The van der Waals surface area contributed by atoms with Crippen LogP contribution in [0, 0.1) is 10.1 Å². The summed E-state index contributed by atoms with van der Waals surface area (Å²) in [6, 6.07) is -0.866. The fourth-order valence-corrected chi connectivity index (χ4v) is 3.19. The van der Waals surface area contributed by atoms with Gasteiger partial charge in [0.2, 0.25) is 5.91 Å². The molecule has 0 spiro atoms. The summed E-state index contributed by atoms with van der Waals surface area (Å²) in [5.74, 6) is -0.176. The monoisotopic (exact) mass is 365 g/mol. The third-order valence-corrected chi connectivity index (χ3v) is 4.42. The van der Waals surface area contributed by atoms with Crippen molar-refractivity contribution in [3.63, 3.8) is 0 Å². The minimum absolute atomic E-state index is 0.0109. The molecule has 0 saturated carbocycles. The van der Waals surface area contributed by atoms with Crippen molar-refractivity contribution in [2.24, 2.45) is 5.73 Å². The van der Waals surface area contributed by atoms with E-state index in [4.69, 9.17) is 19.9 Å². The van der Waals surface area contributed by atoms with E-state index in [1.54, 1.807) is 0 Å². The smallest absolute Gasteiger partial charge is 0.324 e. The van der Waals surface area contributed by atoms with Gasteiger partial charge in [0, 0.05) is 12.7 Å². The van der Waals surface area contributed by atoms with Gasteiger partial charge in [-0.05, 0) is 0 Å². The maximum Gasteiger partial charge on any atom is 0.324 e. The van der Waals surface area contributed by atoms with Crippen LogP contribution in [-0.4, -0.2) is 72.3 Å². The van der Waals surface area contributed by atoms with Crippen LogP contribution in [0.3, 0.4) is 0 Å². The maximum atomic E-state index is 12.0. The van der Waals surface area contributed by atoms with Crippen LogP contribution in [0.25, 0.3) is 0 Å². The van der Waals surface area contributed by atoms with Gasteiger partial charge in [0.25, 0.3) is 5.09 Å². The van der Waals surface area contributed by atoms with Crippen molar-refractivity contribution in [2.45, 2.75) is 37.4 Å². The van der Waals surface area contributed by atoms with Gasteiger partial charge in [0.05, 0.1) is 19.1 Å². The summed E-state index contributed by atoms with van der Waals surface area (Å²) in [5.41, 5.74) is 5.74. The molecule has 11 nitrogen and oxygen atoms in total. The highest BCUT2D eigenvalue weighted by molar-refractivity contribution is 7.99. The molecule has 12 heteroatoms. The highest BCUT2D eigenvalue weighted by atomic mass is 32.2. The second kappa shape index (κ2) is 8.46. The molecule has 2 rings (SSSR count). The van der Waals surface area contributed by atoms with Crippen molar-refractivity contribution in [3.05, 3.63) is 10.1 Å². The van der Waals surface area contributed by atoms with Crippen LogP contribution >= 0.6 is 11.8 Å². The van der Waals surface area contributed by atoms with Crippen LogP contribution in [0.5, 0.6) is 0 Å². The Morgan fingerprint density at radius 3 is 2.62 bits per heavy atom. The summed E-state index contributed by atoms with van der Waals surface area (Å²) < 4.78 is 16.0.